The molecule has 1 fully saturated rings. The minimum atomic E-state index is 0.283. The summed E-state index contributed by atoms with van der Waals surface area (Å²) in [5.74, 6) is 1.87. The van der Waals surface area contributed by atoms with Gasteiger partial charge < -0.3 is 14.7 Å². The molecule has 1 aromatic heterocycles. The third kappa shape index (κ3) is 7.83. The second-order valence-corrected chi connectivity index (χ2v) is 10.6. The number of para-hydroxylation sites is 1. The molecule has 1 aliphatic rings. The van der Waals surface area contributed by atoms with E-state index in [0.29, 0.717) is 18.9 Å². The van der Waals surface area contributed by atoms with Crippen molar-refractivity contribution in [3.63, 3.8) is 0 Å². The van der Waals surface area contributed by atoms with E-state index < -0.39 is 0 Å². The first-order valence-electron chi connectivity index (χ1n) is 13.8. The number of nitrogens with zero attached hydrogens (tertiary/aromatic N) is 5. The highest BCUT2D eigenvalue weighted by Crippen LogP contribution is 2.30. The number of aryl methyl sites for hydroxylation is 1. The van der Waals surface area contributed by atoms with E-state index in [-0.39, 0.29) is 5.91 Å². The van der Waals surface area contributed by atoms with Gasteiger partial charge in [-0.25, -0.2) is 4.68 Å². The summed E-state index contributed by atoms with van der Waals surface area (Å²) >= 11 is 0. The third-order valence-corrected chi connectivity index (χ3v) is 6.99. The van der Waals surface area contributed by atoms with E-state index in [9.17, 15) is 4.79 Å². The average Bonchev–Trinajstić information content (AvgIpc) is 3.17. The lowest BCUT2D eigenvalue weighted by atomic mass is 10.1. The fourth-order valence-electron chi connectivity index (χ4n) is 4.93. The van der Waals surface area contributed by atoms with E-state index in [0.717, 1.165) is 62.8 Å². The van der Waals surface area contributed by atoms with Crippen LogP contribution in [0.25, 0.3) is 5.69 Å². The topological polar surface area (TPSA) is 44.6 Å². The van der Waals surface area contributed by atoms with E-state index >= 15 is 0 Å². The molecule has 1 saturated heterocycles. The van der Waals surface area contributed by atoms with Gasteiger partial charge in [-0.1, -0.05) is 71.1 Å². The monoisotopic (exact) mass is 481 g/mol. The van der Waals surface area contributed by atoms with Crippen LogP contribution in [-0.2, 0) is 11.3 Å². The van der Waals surface area contributed by atoms with Gasteiger partial charge in [0.15, 0.2) is 0 Å². The van der Waals surface area contributed by atoms with Crippen LogP contribution in [0.1, 0.15) is 77.0 Å². The molecule has 0 spiro atoms. The van der Waals surface area contributed by atoms with Crippen LogP contribution >= 0.6 is 0 Å². The number of hydrogen-bond donors (Lipinski definition) is 0. The van der Waals surface area contributed by atoms with Gasteiger partial charge in [0.05, 0.1) is 17.9 Å². The Hall–Kier alpha value is -2.34. The molecule has 35 heavy (non-hydrogen) atoms. The van der Waals surface area contributed by atoms with Crippen molar-refractivity contribution >= 4 is 11.7 Å². The Morgan fingerprint density at radius 1 is 1.00 bits per heavy atom. The molecule has 0 aliphatic carbocycles. The first kappa shape index (κ1) is 27.3. The first-order chi connectivity index (χ1) is 16.9. The van der Waals surface area contributed by atoms with Crippen LogP contribution < -0.4 is 4.90 Å². The van der Waals surface area contributed by atoms with Gasteiger partial charge in [0.2, 0.25) is 5.91 Å². The van der Waals surface area contributed by atoms with Crippen molar-refractivity contribution in [2.24, 2.45) is 5.92 Å². The maximum atomic E-state index is 13.4. The number of hydrogen-bond acceptors (Lipinski definition) is 4. The van der Waals surface area contributed by atoms with Crippen LogP contribution in [0.4, 0.5) is 5.82 Å². The lowest BCUT2D eigenvalue weighted by Crippen LogP contribution is -2.45. The van der Waals surface area contributed by atoms with Crippen LogP contribution in [0, 0.1) is 12.8 Å². The van der Waals surface area contributed by atoms with E-state index in [4.69, 9.17) is 5.10 Å². The molecule has 0 atom stereocenters. The molecule has 0 saturated carbocycles. The summed E-state index contributed by atoms with van der Waals surface area (Å²) in [6.45, 7) is 14.2. The van der Waals surface area contributed by atoms with Crippen LogP contribution in [0.3, 0.4) is 0 Å². The minimum absolute atomic E-state index is 0.283. The van der Waals surface area contributed by atoms with Crippen LogP contribution in [-0.4, -0.2) is 65.3 Å². The molecular formula is C29H47N5O. The number of carbonyl (C=O) groups excluding carboxylic acids is 1. The summed E-state index contributed by atoms with van der Waals surface area (Å²) in [4.78, 5) is 20.3. The normalized spacial score (nSPS) is 14.6. The van der Waals surface area contributed by atoms with Crippen molar-refractivity contribution < 1.29 is 4.79 Å². The molecule has 2 heterocycles. The van der Waals surface area contributed by atoms with E-state index in [1.54, 1.807) is 0 Å². The summed E-state index contributed by atoms with van der Waals surface area (Å²) in [5.41, 5.74) is 3.28. The maximum Gasteiger partial charge on any atom is 0.222 e. The first-order valence-corrected chi connectivity index (χ1v) is 13.8. The van der Waals surface area contributed by atoms with Gasteiger partial charge >= 0.3 is 0 Å². The molecule has 3 rings (SSSR count). The molecule has 194 valence electrons. The number of piperazine rings is 1. The van der Waals surface area contributed by atoms with Gasteiger partial charge in [-0.15, -0.1) is 0 Å². The smallest absolute Gasteiger partial charge is 0.222 e. The number of anilines is 1. The van der Waals surface area contributed by atoms with Gasteiger partial charge in [-0.2, -0.15) is 5.10 Å². The van der Waals surface area contributed by atoms with Crippen LogP contribution in [0.15, 0.2) is 30.3 Å². The Balaban J connectivity index is 1.83. The van der Waals surface area contributed by atoms with Gasteiger partial charge in [0, 0.05) is 44.7 Å². The number of carbonyl (C=O) groups is 1. The molecule has 6 nitrogen and oxygen atoms in total. The standard InChI is InChI=1S/C29H47N5O/c1-6-7-8-9-10-14-17-28(35)33(22-24(2)3)23-27-25(4)30-34(26-15-12-11-13-16-26)29(27)32-20-18-31(5)19-21-32/h11-13,15-16,24H,6-10,14,17-23H2,1-5H3. The molecule has 0 N–H and O–H groups in total. The molecule has 0 radical (unpaired) electrons. The van der Waals surface area contributed by atoms with Gasteiger partial charge in [0.1, 0.15) is 5.82 Å². The number of rotatable bonds is 13. The van der Waals surface area contributed by atoms with Crippen molar-refractivity contribution in [3.8, 4) is 5.69 Å². The van der Waals surface area contributed by atoms with Crippen molar-refractivity contribution in [3.05, 3.63) is 41.6 Å². The highest BCUT2D eigenvalue weighted by atomic mass is 16.2. The second kappa shape index (κ2) is 13.7. The third-order valence-electron chi connectivity index (χ3n) is 6.99. The zero-order valence-electron chi connectivity index (χ0n) is 22.8. The lowest BCUT2D eigenvalue weighted by Gasteiger charge is -2.35. The van der Waals surface area contributed by atoms with Crippen LogP contribution in [0.5, 0.6) is 0 Å². The Kier molecular flexibility index (Phi) is 10.6. The summed E-state index contributed by atoms with van der Waals surface area (Å²) in [7, 11) is 2.18. The second-order valence-electron chi connectivity index (χ2n) is 10.6. The zero-order valence-corrected chi connectivity index (χ0v) is 22.8. The minimum Gasteiger partial charge on any atom is -0.354 e. The van der Waals surface area contributed by atoms with Crippen LogP contribution in [0.2, 0.25) is 0 Å². The summed E-state index contributed by atoms with van der Waals surface area (Å²) in [5, 5.41) is 4.99. The fourth-order valence-corrected chi connectivity index (χ4v) is 4.93. The van der Waals surface area contributed by atoms with Crippen molar-refractivity contribution in [2.75, 3.05) is 44.7 Å². The molecule has 1 amide bonds. The summed E-state index contributed by atoms with van der Waals surface area (Å²) in [6, 6.07) is 10.4. The highest BCUT2D eigenvalue weighted by molar-refractivity contribution is 5.76. The lowest BCUT2D eigenvalue weighted by molar-refractivity contribution is -0.132. The number of benzene rings is 1. The van der Waals surface area contributed by atoms with Gasteiger partial charge in [-0.05, 0) is 38.4 Å². The molecule has 0 unspecified atom stereocenters. The molecule has 1 aromatic carbocycles. The van der Waals surface area contributed by atoms with E-state index in [1.165, 1.54) is 31.2 Å². The Morgan fingerprint density at radius 2 is 1.66 bits per heavy atom. The molecule has 0 bridgehead atoms. The highest BCUT2D eigenvalue weighted by Gasteiger charge is 2.27. The number of likely N-dealkylation sites (N-methyl/N-ethyl adjacent to an activating group) is 1. The van der Waals surface area contributed by atoms with Gasteiger partial charge in [-0.3, -0.25) is 4.79 Å². The zero-order chi connectivity index (χ0) is 25.2. The van der Waals surface area contributed by atoms with Crippen molar-refractivity contribution in [2.45, 2.75) is 79.2 Å². The molecule has 2 aromatic rings. The predicted octanol–water partition coefficient (Wildman–Crippen LogP) is 5.67. The summed E-state index contributed by atoms with van der Waals surface area (Å²) in [6.07, 6.45) is 7.87. The predicted molar refractivity (Wildman–Crippen MR) is 146 cm³/mol. The molecule has 6 heteroatoms. The maximum absolute atomic E-state index is 13.4. The number of aromatic nitrogens is 2. The van der Waals surface area contributed by atoms with E-state index in [1.807, 2.05) is 6.07 Å². The SMILES string of the molecule is CCCCCCCCC(=O)N(Cc1c(C)nn(-c2ccccc2)c1N1CCN(C)CC1)CC(C)C. The van der Waals surface area contributed by atoms with Gasteiger partial charge in [0.25, 0.3) is 0 Å². The Labute approximate surface area is 213 Å². The van der Waals surface area contributed by atoms with Crippen molar-refractivity contribution in [1.29, 1.82) is 0 Å². The molecular weight excluding hydrogens is 434 g/mol. The quantitative estimate of drug-likeness (QED) is 0.346. The fraction of sp³-hybridized carbons (Fsp3) is 0.655. The molecule has 1 aliphatic heterocycles. The number of amides is 1. The Morgan fingerprint density at radius 3 is 2.31 bits per heavy atom. The largest absolute Gasteiger partial charge is 0.354 e. The number of unbranched alkanes of at least 4 members (excludes halogenated alkanes) is 5. The van der Waals surface area contributed by atoms with Crippen molar-refractivity contribution in [1.82, 2.24) is 19.6 Å². The average molecular weight is 482 g/mol. The summed E-state index contributed by atoms with van der Waals surface area (Å²) < 4.78 is 2.10. The Bertz CT molecular complexity index is 899. The van der Waals surface area contributed by atoms with E-state index in [2.05, 4.69) is 78.4 Å².